The van der Waals surface area contributed by atoms with Crippen molar-refractivity contribution in [3.63, 3.8) is 0 Å². The Hall–Kier alpha value is -3.48. The summed E-state index contributed by atoms with van der Waals surface area (Å²) in [5.74, 6) is 1.79. The Morgan fingerprint density at radius 1 is 0.966 bits per heavy atom. The normalized spacial score (nSPS) is 10.6. The van der Waals surface area contributed by atoms with Gasteiger partial charge >= 0.3 is 0 Å². The van der Waals surface area contributed by atoms with Crippen LogP contribution in [0.15, 0.2) is 47.3 Å². The van der Waals surface area contributed by atoms with Crippen LogP contribution in [0.3, 0.4) is 0 Å². The van der Waals surface area contributed by atoms with E-state index in [2.05, 4.69) is 10.3 Å². The molecule has 152 valence electrons. The van der Waals surface area contributed by atoms with E-state index >= 15 is 0 Å². The molecular formula is C22H24N2O5. The average Bonchev–Trinajstić information content (AvgIpc) is 2.73. The highest BCUT2D eigenvalue weighted by Gasteiger charge is 2.10. The third-order valence-corrected chi connectivity index (χ3v) is 4.67. The number of ether oxygens (including phenoxy) is 3. The minimum Gasteiger partial charge on any atom is -0.497 e. The molecule has 0 unspecified atom stereocenters. The predicted octanol–water partition coefficient (Wildman–Crippen LogP) is 2.46. The van der Waals surface area contributed by atoms with Crippen LogP contribution in [0.25, 0.3) is 10.9 Å². The molecule has 7 nitrogen and oxygen atoms in total. The van der Waals surface area contributed by atoms with Crippen LogP contribution in [0.5, 0.6) is 17.2 Å². The van der Waals surface area contributed by atoms with Gasteiger partial charge in [0.2, 0.25) is 5.91 Å². The molecular weight excluding hydrogens is 372 g/mol. The molecule has 2 aromatic carbocycles. The van der Waals surface area contributed by atoms with Gasteiger partial charge in [0.1, 0.15) is 5.75 Å². The Morgan fingerprint density at radius 3 is 2.31 bits per heavy atom. The molecule has 3 rings (SSSR count). The number of carbonyl (C=O) groups excluding carboxylic acids is 1. The minimum atomic E-state index is -0.186. The molecule has 0 bridgehead atoms. The molecule has 0 aliphatic rings. The van der Waals surface area contributed by atoms with Gasteiger partial charge in [0.25, 0.3) is 5.56 Å². The Kier molecular flexibility index (Phi) is 6.39. The second kappa shape index (κ2) is 9.14. The van der Waals surface area contributed by atoms with Crippen molar-refractivity contribution in [1.29, 1.82) is 0 Å². The predicted molar refractivity (Wildman–Crippen MR) is 111 cm³/mol. The minimum absolute atomic E-state index is 0.0983. The molecule has 1 aromatic heterocycles. The first kappa shape index (κ1) is 20.3. The first-order chi connectivity index (χ1) is 14.0. The monoisotopic (exact) mass is 396 g/mol. The number of hydrogen-bond donors (Lipinski definition) is 2. The summed E-state index contributed by atoms with van der Waals surface area (Å²) in [5, 5.41) is 3.69. The van der Waals surface area contributed by atoms with E-state index in [1.165, 1.54) is 0 Å². The second-order valence-corrected chi connectivity index (χ2v) is 6.54. The van der Waals surface area contributed by atoms with Gasteiger partial charge in [0.05, 0.1) is 33.3 Å². The van der Waals surface area contributed by atoms with Crippen LogP contribution in [-0.4, -0.2) is 38.8 Å². The van der Waals surface area contributed by atoms with Crippen LogP contribution in [0, 0.1) is 0 Å². The van der Waals surface area contributed by atoms with E-state index in [9.17, 15) is 9.59 Å². The highest BCUT2D eigenvalue weighted by atomic mass is 16.5. The fourth-order valence-corrected chi connectivity index (χ4v) is 3.09. The maximum atomic E-state index is 12.4. The number of benzene rings is 2. The van der Waals surface area contributed by atoms with E-state index in [-0.39, 0.29) is 17.9 Å². The zero-order valence-electron chi connectivity index (χ0n) is 16.7. The summed E-state index contributed by atoms with van der Waals surface area (Å²) in [6.07, 6.45) is 0.697. The summed E-state index contributed by atoms with van der Waals surface area (Å²) in [6.45, 7) is 0.372. The number of aromatic amines is 1. The lowest BCUT2D eigenvalue weighted by Gasteiger charge is -2.10. The van der Waals surface area contributed by atoms with E-state index in [0.717, 1.165) is 16.7 Å². The smallest absolute Gasteiger partial charge is 0.251 e. The van der Waals surface area contributed by atoms with E-state index < -0.39 is 0 Å². The zero-order chi connectivity index (χ0) is 20.8. The first-order valence-corrected chi connectivity index (χ1v) is 9.21. The maximum absolute atomic E-state index is 12.4. The van der Waals surface area contributed by atoms with Crippen molar-refractivity contribution in [2.24, 2.45) is 0 Å². The fourth-order valence-electron chi connectivity index (χ4n) is 3.09. The molecule has 0 saturated heterocycles. The number of carbonyl (C=O) groups is 1. The molecule has 0 spiro atoms. The lowest BCUT2D eigenvalue weighted by Crippen LogP contribution is -2.28. The van der Waals surface area contributed by atoms with Gasteiger partial charge in [-0.3, -0.25) is 9.59 Å². The third-order valence-electron chi connectivity index (χ3n) is 4.67. The standard InChI is InChI=1S/C22H24N2O5/c1-27-17-6-4-14(5-7-17)10-21(25)23-9-8-15-11-16-12-19(28-2)20(29-3)13-18(16)24-22(15)26/h4-7,11-13H,8-10H2,1-3H3,(H,23,25)(H,24,26). The van der Waals surface area contributed by atoms with Crippen LogP contribution in [0.2, 0.25) is 0 Å². The van der Waals surface area contributed by atoms with Crippen molar-refractivity contribution < 1.29 is 19.0 Å². The van der Waals surface area contributed by atoms with Crippen molar-refractivity contribution >= 4 is 16.8 Å². The number of amides is 1. The molecule has 0 fully saturated rings. The maximum Gasteiger partial charge on any atom is 0.251 e. The third kappa shape index (κ3) is 4.87. The summed E-state index contributed by atoms with van der Waals surface area (Å²) < 4.78 is 15.7. The highest BCUT2D eigenvalue weighted by Crippen LogP contribution is 2.31. The van der Waals surface area contributed by atoms with Crippen molar-refractivity contribution in [2.75, 3.05) is 27.9 Å². The number of hydrogen-bond acceptors (Lipinski definition) is 5. The van der Waals surface area contributed by atoms with Gasteiger partial charge in [-0.15, -0.1) is 0 Å². The van der Waals surface area contributed by atoms with Crippen LogP contribution >= 0.6 is 0 Å². The Bertz CT molecular complexity index is 1060. The van der Waals surface area contributed by atoms with Crippen LogP contribution in [0.1, 0.15) is 11.1 Å². The number of aromatic nitrogens is 1. The molecule has 0 saturated carbocycles. The van der Waals surface area contributed by atoms with Crippen molar-refractivity contribution in [3.8, 4) is 17.2 Å². The summed E-state index contributed by atoms with van der Waals surface area (Å²) >= 11 is 0. The Labute approximate surface area is 168 Å². The lowest BCUT2D eigenvalue weighted by atomic mass is 10.1. The van der Waals surface area contributed by atoms with Gasteiger partial charge in [0, 0.05) is 23.6 Å². The quantitative estimate of drug-likeness (QED) is 0.611. The van der Waals surface area contributed by atoms with Crippen LogP contribution in [-0.2, 0) is 17.6 Å². The number of methoxy groups -OCH3 is 3. The number of rotatable bonds is 8. The number of pyridine rings is 1. The van der Waals surface area contributed by atoms with Crippen molar-refractivity contribution in [3.05, 3.63) is 63.9 Å². The molecule has 3 aromatic rings. The Morgan fingerprint density at radius 2 is 1.66 bits per heavy atom. The van der Waals surface area contributed by atoms with Gasteiger partial charge in [-0.2, -0.15) is 0 Å². The van der Waals surface area contributed by atoms with E-state index in [4.69, 9.17) is 14.2 Å². The topological polar surface area (TPSA) is 89.7 Å². The molecule has 2 N–H and O–H groups in total. The van der Waals surface area contributed by atoms with Crippen molar-refractivity contribution in [2.45, 2.75) is 12.8 Å². The molecule has 7 heteroatoms. The molecule has 1 amide bonds. The van der Waals surface area contributed by atoms with Crippen LogP contribution < -0.4 is 25.1 Å². The highest BCUT2D eigenvalue weighted by molar-refractivity contribution is 5.83. The van der Waals surface area contributed by atoms with Gasteiger partial charge in [-0.05, 0) is 36.2 Å². The largest absolute Gasteiger partial charge is 0.497 e. The van der Waals surface area contributed by atoms with E-state index in [1.807, 2.05) is 36.4 Å². The fraction of sp³-hybridized carbons (Fsp3) is 0.273. The van der Waals surface area contributed by atoms with Gasteiger partial charge in [-0.25, -0.2) is 0 Å². The Balaban J connectivity index is 1.64. The summed E-state index contributed by atoms with van der Waals surface area (Å²) in [4.78, 5) is 27.4. The second-order valence-electron chi connectivity index (χ2n) is 6.54. The first-order valence-electron chi connectivity index (χ1n) is 9.21. The summed E-state index contributed by atoms with van der Waals surface area (Å²) in [6, 6.07) is 12.7. The number of fused-ring (bicyclic) bond motifs is 1. The molecule has 29 heavy (non-hydrogen) atoms. The van der Waals surface area contributed by atoms with Gasteiger partial charge in [0.15, 0.2) is 11.5 Å². The SMILES string of the molecule is COc1ccc(CC(=O)NCCc2cc3cc(OC)c(OC)cc3[nH]c2=O)cc1. The molecule has 1 heterocycles. The van der Waals surface area contributed by atoms with Gasteiger partial charge in [-0.1, -0.05) is 12.1 Å². The molecule has 0 aliphatic carbocycles. The number of H-pyrrole nitrogens is 1. The molecule has 0 atom stereocenters. The van der Waals surface area contributed by atoms with E-state index in [1.54, 1.807) is 27.4 Å². The number of nitrogens with one attached hydrogen (secondary N) is 2. The average molecular weight is 396 g/mol. The van der Waals surface area contributed by atoms with E-state index in [0.29, 0.717) is 35.5 Å². The summed E-state index contributed by atoms with van der Waals surface area (Å²) in [5.41, 5.74) is 1.97. The van der Waals surface area contributed by atoms with Gasteiger partial charge < -0.3 is 24.5 Å². The lowest BCUT2D eigenvalue weighted by molar-refractivity contribution is -0.120. The van der Waals surface area contributed by atoms with Crippen molar-refractivity contribution in [1.82, 2.24) is 10.3 Å². The zero-order valence-corrected chi connectivity index (χ0v) is 16.7. The molecule has 0 radical (unpaired) electrons. The molecule has 0 aliphatic heterocycles. The summed E-state index contributed by atoms with van der Waals surface area (Å²) in [7, 11) is 4.71. The van der Waals surface area contributed by atoms with Crippen LogP contribution in [0.4, 0.5) is 0 Å².